The van der Waals surface area contributed by atoms with E-state index in [4.69, 9.17) is 9.26 Å². The molecule has 2 aromatic heterocycles. The number of nitrogens with one attached hydrogen (secondary N) is 1. The van der Waals surface area contributed by atoms with Crippen molar-refractivity contribution in [2.24, 2.45) is 5.41 Å². The summed E-state index contributed by atoms with van der Waals surface area (Å²) in [4.78, 5) is 19.9. The molecule has 3 N–H and O–H groups in total. The molecular formula is C15H19ClN4O5. The van der Waals surface area contributed by atoms with Crippen LogP contribution < -0.4 is 10.1 Å². The van der Waals surface area contributed by atoms with E-state index >= 15 is 0 Å². The molecule has 1 aliphatic carbocycles. The quantitative estimate of drug-likeness (QED) is 0.657. The Morgan fingerprint density at radius 2 is 2.08 bits per heavy atom. The van der Waals surface area contributed by atoms with Gasteiger partial charge in [-0.1, -0.05) is 5.16 Å². The zero-order chi connectivity index (χ0) is 17.0. The van der Waals surface area contributed by atoms with Gasteiger partial charge >= 0.3 is 0 Å². The smallest absolute Gasteiger partial charge is 0.289 e. The summed E-state index contributed by atoms with van der Waals surface area (Å²) in [7, 11) is 0. The highest BCUT2D eigenvalue weighted by atomic mass is 35.5. The highest BCUT2D eigenvalue weighted by Crippen LogP contribution is 2.38. The summed E-state index contributed by atoms with van der Waals surface area (Å²) < 4.78 is 10.4. The van der Waals surface area contributed by atoms with E-state index in [2.05, 4.69) is 20.4 Å². The van der Waals surface area contributed by atoms with Crippen LogP contribution in [-0.4, -0.2) is 56.6 Å². The van der Waals surface area contributed by atoms with Gasteiger partial charge in [-0.2, -0.15) is 0 Å². The summed E-state index contributed by atoms with van der Waals surface area (Å²) in [6, 6.07) is 1.45. The second kappa shape index (κ2) is 8.24. The van der Waals surface area contributed by atoms with Crippen LogP contribution in [0.4, 0.5) is 0 Å². The summed E-state index contributed by atoms with van der Waals surface area (Å²) in [5, 5.41) is 26.0. The number of rotatable bonds is 6. The third-order valence-corrected chi connectivity index (χ3v) is 4.08. The highest BCUT2D eigenvalue weighted by molar-refractivity contribution is 5.91. The number of amides is 1. The molecule has 136 valence electrons. The maximum atomic E-state index is 12.0. The molecule has 0 aromatic carbocycles. The Hall–Kier alpha value is -2.23. The monoisotopic (exact) mass is 370 g/mol. The Kier molecular flexibility index (Phi) is 6.29. The molecule has 0 saturated heterocycles. The molecule has 0 spiro atoms. The zero-order valence-corrected chi connectivity index (χ0v) is 14.1. The molecule has 0 aliphatic heterocycles. The SMILES string of the molecule is Cl.O=C(NCC1(COc2cnccn2)C[C@@H](O)[C@@H](O)C1)c1ccno1. The summed E-state index contributed by atoms with van der Waals surface area (Å²) in [5.74, 6) is 0.0238. The van der Waals surface area contributed by atoms with Crippen LogP contribution in [0.15, 0.2) is 35.4 Å². The predicted octanol–water partition coefficient (Wildman–Crippen LogP) is 0.197. The Labute approximate surface area is 149 Å². The molecule has 3 rings (SSSR count). The molecule has 25 heavy (non-hydrogen) atoms. The molecule has 2 aromatic rings. The van der Waals surface area contributed by atoms with Gasteiger partial charge in [0.05, 0.1) is 31.2 Å². The normalized spacial score (nSPS) is 25.2. The topological polar surface area (TPSA) is 131 Å². The fraction of sp³-hybridized carbons (Fsp3) is 0.467. The lowest BCUT2D eigenvalue weighted by Crippen LogP contribution is -2.40. The van der Waals surface area contributed by atoms with Crippen LogP contribution in [0.25, 0.3) is 0 Å². The number of hydrogen-bond acceptors (Lipinski definition) is 8. The van der Waals surface area contributed by atoms with E-state index in [1.165, 1.54) is 30.9 Å². The first-order valence-electron chi connectivity index (χ1n) is 7.52. The van der Waals surface area contributed by atoms with E-state index in [0.717, 1.165) is 0 Å². The number of halogens is 1. The molecule has 1 aliphatic rings. The first kappa shape index (κ1) is 19.1. The summed E-state index contributed by atoms with van der Waals surface area (Å²) >= 11 is 0. The first-order valence-corrected chi connectivity index (χ1v) is 7.52. The maximum Gasteiger partial charge on any atom is 0.289 e. The van der Waals surface area contributed by atoms with Crippen molar-refractivity contribution in [3.63, 3.8) is 0 Å². The molecule has 1 fully saturated rings. The fourth-order valence-electron chi connectivity index (χ4n) is 2.83. The van der Waals surface area contributed by atoms with Gasteiger partial charge in [0.1, 0.15) is 0 Å². The molecule has 0 radical (unpaired) electrons. The van der Waals surface area contributed by atoms with Gasteiger partial charge < -0.3 is 24.8 Å². The van der Waals surface area contributed by atoms with Crippen LogP contribution >= 0.6 is 12.4 Å². The third-order valence-electron chi connectivity index (χ3n) is 4.08. The Bertz CT molecular complexity index is 660. The zero-order valence-electron chi connectivity index (χ0n) is 13.2. The van der Waals surface area contributed by atoms with E-state index in [1.807, 2.05) is 0 Å². The molecule has 1 saturated carbocycles. The molecular weight excluding hydrogens is 352 g/mol. The van der Waals surface area contributed by atoms with Gasteiger partial charge in [-0.3, -0.25) is 9.78 Å². The van der Waals surface area contributed by atoms with Gasteiger partial charge in [0.2, 0.25) is 11.6 Å². The lowest BCUT2D eigenvalue weighted by Gasteiger charge is -2.28. The number of aromatic nitrogens is 3. The average Bonchev–Trinajstić information content (AvgIpc) is 3.22. The molecule has 10 heteroatoms. The molecule has 1 amide bonds. The number of carbonyl (C=O) groups excluding carboxylic acids is 1. The minimum atomic E-state index is -0.863. The average molecular weight is 371 g/mol. The van der Waals surface area contributed by atoms with E-state index < -0.39 is 23.5 Å². The van der Waals surface area contributed by atoms with Gasteiger partial charge in [0.25, 0.3) is 5.91 Å². The summed E-state index contributed by atoms with van der Waals surface area (Å²) in [6.07, 6.45) is 4.76. The van der Waals surface area contributed by atoms with Gasteiger partial charge in [0.15, 0.2) is 0 Å². The number of hydrogen-bond donors (Lipinski definition) is 3. The minimum Gasteiger partial charge on any atom is -0.476 e. The van der Waals surface area contributed by atoms with Crippen molar-refractivity contribution in [1.82, 2.24) is 20.4 Å². The van der Waals surface area contributed by atoms with Gasteiger partial charge in [-0.15, -0.1) is 12.4 Å². The van der Waals surface area contributed by atoms with Crippen molar-refractivity contribution >= 4 is 18.3 Å². The van der Waals surface area contributed by atoms with E-state index in [0.29, 0.717) is 18.7 Å². The van der Waals surface area contributed by atoms with Crippen LogP contribution in [0, 0.1) is 5.41 Å². The van der Waals surface area contributed by atoms with Gasteiger partial charge in [-0.05, 0) is 12.8 Å². The largest absolute Gasteiger partial charge is 0.476 e. The van der Waals surface area contributed by atoms with Crippen molar-refractivity contribution in [2.75, 3.05) is 13.2 Å². The Morgan fingerprint density at radius 3 is 2.68 bits per heavy atom. The van der Waals surface area contributed by atoms with E-state index in [9.17, 15) is 15.0 Å². The van der Waals surface area contributed by atoms with Crippen molar-refractivity contribution in [3.05, 3.63) is 36.6 Å². The van der Waals surface area contributed by atoms with Crippen LogP contribution in [0.2, 0.25) is 0 Å². The summed E-state index contributed by atoms with van der Waals surface area (Å²) in [5.41, 5.74) is -0.619. The molecule has 0 bridgehead atoms. The number of nitrogens with zero attached hydrogens (tertiary/aromatic N) is 3. The minimum absolute atomic E-state index is 0. The number of aliphatic hydroxyl groups excluding tert-OH is 2. The molecule has 2 heterocycles. The van der Waals surface area contributed by atoms with Crippen molar-refractivity contribution in [3.8, 4) is 5.88 Å². The highest BCUT2D eigenvalue weighted by Gasteiger charge is 2.45. The van der Waals surface area contributed by atoms with Crippen LogP contribution in [0.1, 0.15) is 23.4 Å². The lowest BCUT2D eigenvalue weighted by atomic mass is 9.86. The fourth-order valence-corrected chi connectivity index (χ4v) is 2.83. The first-order chi connectivity index (χ1) is 11.6. The molecule has 1 unspecified atom stereocenters. The summed E-state index contributed by atoms with van der Waals surface area (Å²) in [6.45, 7) is 0.386. The number of carbonyl (C=O) groups is 1. The van der Waals surface area contributed by atoms with Gasteiger partial charge in [0, 0.05) is 30.4 Å². The Morgan fingerprint density at radius 1 is 1.32 bits per heavy atom. The van der Waals surface area contributed by atoms with Crippen molar-refractivity contribution in [2.45, 2.75) is 25.0 Å². The lowest BCUT2D eigenvalue weighted by molar-refractivity contribution is 0.0438. The molecule has 3 atom stereocenters. The van der Waals surface area contributed by atoms with Crippen LogP contribution in [0.3, 0.4) is 0 Å². The van der Waals surface area contributed by atoms with Crippen LogP contribution in [0.5, 0.6) is 5.88 Å². The van der Waals surface area contributed by atoms with Gasteiger partial charge in [-0.25, -0.2) is 4.98 Å². The van der Waals surface area contributed by atoms with E-state index in [-0.39, 0.29) is 31.3 Å². The predicted molar refractivity (Wildman–Crippen MR) is 87.3 cm³/mol. The third kappa shape index (κ3) is 4.65. The number of ether oxygens (including phenoxy) is 1. The van der Waals surface area contributed by atoms with Crippen LogP contribution in [-0.2, 0) is 0 Å². The number of aliphatic hydroxyl groups is 2. The second-order valence-electron chi connectivity index (χ2n) is 5.93. The van der Waals surface area contributed by atoms with Crippen molar-refractivity contribution in [1.29, 1.82) is 0 Å². The molecule has 9 nitrogen and oxygen atoms in total. The second-order valence-corrected chi connectivity index (χ2v) is 5.93. The maximum absolute atomic E-state index is 12.0. The Balaban J connectivity index is 0.00000225. The van der Waals surface area contributed by atoms with E-state index in [1.54, 1.807) is 0 Å². The van der Waals surface area contributed by atoms with Crippen molar-refractivity contribution < 1.29 is 24.3 Å². The standard InChI is InChI=1S/C15H18N4O5.ClH/c20-10-5-15(6-11(10)21,9-23-13-7-16-3-4-17-13)8-18-14(22)12-1-2-19-24-12;/h1-4,7,10-11,20-21H,5-6,8-9H2,(H,18,22);1H/t10-,11+,15?;.